The highest BCUT2D eigenvalue weighted by Gasteiger charge is 2.19. The van der Waals surface area contributed by atoms with E-state index in [1.807, 2.05) is 0 Å². The lowest BCUT2D eigenvalue weighted by Gasteiger charge is -2.19. The number of halogens is 2. The minimum Gasteiger partial charge on any atom is -0.444 e. The molecule has 0 saturated carbocycles. The van der Waals surface area contributed by atoms with Gasteiger partial charge in [0.05, 0.1) is 0 Å². The minimum atomic E-state index is -2.60. The van der Waals surface area contributed by atoms with Gasteiger partial charge in [0.25, 0.3) is 6.43 Å². The SMILES string of the molecule is CC(C)(C)OC(=O)Nc1nn(CC(F)F)cc1C#N. The third kappa shape index (κ3) is 4.91. The fraction of sp³-hybridized carbons (Fsp3) is 0.545. The molecule has 0 aliphatic heterocycles. The molecule has 19 heavy (non-hydrogen) atoms. The summed E-state index contributed by atoms with van der Waals surface area (Å²) in [4.78, 5) is 11.5. The van der Waals surface area contributed by atoms with Crippen LogP contribution in [-0.2, 0) is 11.3 Å². The number of nitrogens with one attached hydrogen (secondary N) is 1. The van der Waals surface area contributed by atoms with Gasteiger partial charge in [0, 0.05) is 6.20 Å². The number of ether oxygens (including phenoxy) is 1. The molecular formula is C11H14F2N4O2. The standard InChI is InChI=1S/C11H14F2N4O2/c1-11(2,3)19-10(18)15-9-7(4-14)5-17(16-9)6-8(12)13/h5,8H,6H2,1-3H3,(H,15,16,18). The molecule has 0 bridgehead atoms. The van der Waals surface area contributed by atoms with Crippen LogP contribution in [-0.4, -0.2) is 27.9 Å². The first-order valence-electron chi connectivity index (χ1n) is 5.47. The lowest BCUT2D eigenvalue weighted by Crippen LogP contribution is -2.27. The van der Waals surface area contributed by atoms with Crippen LogP contribution in [0.15, 0.2) is 6.20 Å². The Morgan fingerprint density at radius 1 is 1.63 bits per heavy atom. The third-order valence-corrected chi connectivity index (χ3v) is 1.83. The Hall–Kier alpha value is -2.17. The van der Waals surface area contributed by atoms with Crippen molar-refractivity contribution in [2.24, 2.45) is 0 Å². The van der Waals surface area contributed by atoms with Gasteiger partial charge in [-0.25, -0.2) is 13.6 Å². The molecule has 0 saturated heterocycles. The highest BCUT2D eigenvalue weighted by atomic mass is 19.3. The van der Waals surface area contributed by atoms with Gasteiger partial charge in [-0.1, -0.05) is 0 Å². The molecule has 1 N–H and O–H groups in total. The molecule has 1 aromatic rings. The molecular weight excluding hydrogens is 258 g/mol. The second kappa shape index (κ2) is 5.65. The van der Waals surface area contributed by atoms with Crippen molar-refractivity contribution in [3.63, 3.8) is 0 Å². The van der Waals surface area contributed by atoms with Gasteiger partial charge in [0.2, 0.25) is 0 Å². The maximum absolute atomic E-state index is 12.2. The Kier molecular flexibility index (Phi) is 4.43. The van der Waals surface area contributed by atoms with Crippen LogP contribution in [0.5, 0.6) is 0 Å². The van der Waals surface area contributed by atoms with Crippen LogP contribution >= 0.6 is 0 Å². The first-order valence-corrected chi connectivity index (χ1v) is 5.47. The number of rotatable bonds is 3. The molecule has 6 nitrogen and oxygen atoms in total. The minimum absolute atomic E-state index is 0.00786. The molecule has 1 amide bonds. The molecule has 1 rings (SSSR count). The van der Waals surface area contributed by atoms with E-state index in [1.165, 1.54) is 0 Å². The monoisotopic (exact) mass is 272 g/mol. The molecule has 0 aliphatic rings. The third-order valence-electron chi connectivity index (χ3n) is 1.83. The van der Waals surface area contributed by atoms with E-state index in [0.29, 0.717) is 0 Å². The maximum atomic E-state index is 12.2. The number of nitrogens with zero attached hydrogens (tertiary/aromatic N) is 3. The molecule has 0 spiro atoms. The number of nitriles is 1. The molecule has 0 atom stereocenters. The van der Waals surface area contributed by atoms with E-state index in [1.54, 1.807) is 26.8 Å². The molecule has 104 valence electrons. The maximum Gasteiger partial charge on any atom is 0.413 e. The number of hydrogen-bond donors (Lipinski definition) is 1. The summed E-state index contributed by atoms with van der Waals surface area (Å²) in [6, 6.07) is 1.76. The predicted molar refractivity (Wildman–Crippen MR) is 62.8 cm³/mol. The van der Waals surface area contributed by atoms with Gasteiger partial charge < -0.3 is 4.74 Å². The molecule has 1 aromatic heterocycles. The Balaban J connectivity index is 2.80. The fourth-order valence-corrected chi connectivity index (χ4v) is 1.23. The van der Waals surface area contributed by atoms with E-state index in [9.17, 15) is 13.6 Å². The molecule has 0 fully saturated rings. The van der Waals surface area contributed by atoms with Crippen molar-refractivity contribution in [3.05, 3.63) is 11.8 Å². The summed E-state index contributed by atoms with van der Waals surface area (Å²) in [5.41, 5.74) is -0.714. The van der Waals surface area contributed by atoms with Crippen molar-refractivity contribution in [2.45, 2.75) is 39.3 Å². The lowest BCUT2D eigenvalue weighted by molar-refractivity contribution is 0.0635. The number of carbonyl (C=O) groups excluding carboxylic acids is 1. The van der Waals surface area contributed by atoms with Crippen molar-refractivity contribution in [1.29, 1.82) is 5.26 Å². The number of aromatic nitrogens is 2. The topological polar surface area (TPSA) is 79.9 Å². The summed E-state index contributed by atoms with van der Waals surface area (Å²) in [6.45, 7) is 4.37. The van der Waals surface area contributed by atoms with Gasteiger partial charge in [-0.15, -0.1) is 0 Å². The van der Waals surface area contributed by atoms with Crippen LogP contribution < -0.4 is 5.32 Å². The molecule has 0 unspecified atom stereocenters. The molecule has 8 heteroatoms. The second-order valence-electron chi connectivity index (χ2n) is 4.74. The van der Waals surface area contributed by atoms with E-state index in [4.69, 9.17) is 10.00 Å². The summed E-state index contributed by atoms with van der Waals surface area (Å²) in [5.74, 6) is -0.0996. The highest BCUT2D eigenvalue weighted by molar-refractivity contribution is 5.85. The summed E-state index contributed by atoms with van der Waals surface area (Å²) in [6.07, 6.45) is -2.26. The summed E-state index contributed by atoms with van der Waals surface area (Å²) >= 11 is 0. The van der Waals surface area contributed by atoms with Crippen molar-refractivity contribution in [3.8, 4) is 6.07 Å². The van der Waals surface area contributed by atoms with Crippen molar-refractivity contribution < 1.29 is 18.3 Å². The zero-order valence-corrected chi connectivity index (χ0v) is 10.8. The van der Waals surface area contributed by atoms with Gasteiger partial charge in [0.15, 0.2) is 5.82 Å². The Morgan fingerprint density at radius 2 is 2.26 bits per heavy atom. The summed E-state index contributed by atoms with van der Waals surface area (Å²) in [7, 11) is 0. The number of hydrogen-bond acceptors (Lipinski definition) is 4. The van der Waals surface area contributed by atoms with E-state index in [2.05, 4.69) is 10.4 Å². The van der Waals surface area contributed by atoms with Crippen LogP contribution in [0.3, 0.4) is 0 Å². The van der Waals surface area contributed by atoms with Gasteiger partial charge in [-0.2, -0.15) is 10.4 Å². The van der Waals surface area contributed by atoms with Crippen LogP contribution in [0.25, 0.3) is 0 Å². The summed E-state index contributed by atoms with van der Waals surface area (Å²) < 4.78 is 30.3. The second-order valence-corrected chi connectivity index (χ2v) is 4.74. The first kappa shape index (κ1) is 14.9. The van der Waals surface area contributed by atoms with Gasteiger partial charge >= 0.3 is 6.09 Å². The predicted octanol–water partition coefficient (Wildman–Crippen LogP) is 2.37. The quantitative estimate of drug-likeness (QED) is 0.916. The number of anilines is 1. The van der Waals surface area contributed by atoms with E-state index in [0.717, 1.165) is 10.9 Å². The largest absolute Gasteiger partial charge is 0.444 e. The Morgan fingerprint density at radius 3 is 2.74 bits per heavy atom. The van der Waals surface area contributed by atoms with E-state index >= 15 is 0 Å². The molecule has 0 aromatic carbocycles. The number of alkyl halides is 2. The van der Waals surface area contributed by atoms with Crippen LogP contribution in [0, 0.1) is 11.3 Å². The van der Waals surface area contributed by atoms with E-state index in [-0.39, 0.29) is 11.4 Å². The molecule has 1 heterocycles. The van der Waals surface area contributed by atoms with Crippen molar-refractivity contribution >= 4 is 11.9 Å². The zero-order valence-electron chi connectivity index (χ0n) is 10.8. The number of amides is 1. The number of carbonyl (C=O) groups is 1. The fourth-order valence-electron chi connectivity index (χ4n) is 1.23. The van der Waals surface area contributed by atoms with E-state index < -0.39 is 24.7 Å². The van der Waals surface area contributed by atoms with Crippen LogP contribution in [0.1, 0.15) is 26.3 Å². The van der Waals surface area contributed by atoms with Crippen LogP contribution in [0.2, 0.25) is 0 Å². The van der Waals surface area contributed by atoms with Gasteiger partial charge in [-0.3, -0.25) is 10.00 Å². The zero-order chi connectivity index (χ0) is 14.6. The van der Waals surface area contributed by atoms with Crippen LogP contribution in [0.4, 0.5) is 19.4 Å². The Bertz CT molecular complexity index is 500. The van der Waals surface area contributed by atoms with Crippen molar-refractivity contribution in [2.75, 3.05) is 5.32 Å². The average Bonchev–Trinajstić information content (AvgIpc) is 2.55. The average molecular weight is 272 g/mol. The smallest absolute Gasteiger partial charge is 0.413 e. The molecule has 0 radical (unpaired) electrons. The van der Waals surface area contributed by atoms with Crippen molar-refractivity contribution in [1.82, 2.24) is 9.78 Å². The van der Waals surface area contributed by atoms with Gasteiger partial charge in [0.1, 0.15) is 23.8 Å². The lowest BCUT2D eigenvalue weighted by atomic mass is 10.2. The highest BCUT2D eigenvalue weighted by Crippen LogP contribution is 2.15. The van der Waals surface area contributed by atoms with Gasteiger partial charge in [-0.05, 0) is 20.8 Å². The Labute approximate surface area is 109 Å². The summed E-state index contributed by atoms with van der Waals surface area (Å²) in [5, 5.41) is 14.8. The first-order chi connectivity index (χ1) is 8.71. The molecule has 0 aliphatic carbocycles. The normalized spacial score (nSPS) is 11.2.